The average molecular weight is 219 g/mol. The monoisotopic (exact) mass is 219 g/mol. The molecular formula is C9H9N5O2. The molecule has 0 saturated heterocycles. The maximum atomic E-state index is 11.6. The van der Waals surface area contributed by atoms with E-state index in [1.54, 1.807) is 0 Å². The second-order valence-corrected chi connectivity index (χ2v) is 3.65. The van der Waals surface area contributed by atoms with Crippen molar-refractivity contribution in [3.05, 3.63) is 24.0 Å². The Balaban J connectivity index is 1.73. The number of carbonyl (C=O) groups is 1. The summed E-state index contributed by atoms with van der Waals surface area (Å²) in [5.74, 6) is 1.23. The Bertz CT molecular complexity index is 500. The molecule has 1 aliphatic rings. The highest BCUT2D eigenvalue weighted by molar-refractivity contribution is 6.01. The minimum absolute atomic E-state index is 0.199. The predicted octanol–water partition coefficient (Wildman–Crippen LogP) is 0.922. The third-order valence-corrected chi connectivity index (χ3v) is 2.33. The summed E-state index contributed by atoms with van der Waals surface area (Å²) in [5, 5.41) is 12.2. The maximum Gasteiger partial charge on any atom is 0.294 e. The van der Waals surface area contributed by atoms with Crippen LogP contribution in [0.25, 0.3) is 0 Å². The van der Waals surface area contributed by atoms with Gasteiger partial charge in [0.05, 0.1) is 12.4 Å². The molecule has 0 spiro atoms. The normalized spacial score (nSPS) is 15.0. The molecule has 0 atom stereocenters. The number of anilines is 1. The highest BCUT2D eigenvalue weighted by atomic mass is 16.4. The molecule has 0 unspecified atom stereocenters. The first-order valence-electron chi connectivity index (χ1n) is 4.96. The Morgan fingerprint density at radius 1 is 1.50 bits per heavy atom. The average Bonchev–Trinajstić information content (AvgIpc) is 2.82. The number of H-pyrrole nitrogens is 1. The van der Waals surface area contributed by atoms with E-state index >= 15 is 0 Å². The van der Waals surface area contributed by atoms with Crippen LogP contribution in [0.2, 0.25) is 0 Å². The van der Waals surface area contributed by atoms with Crippen molar-refractivity contribution < 1.29 is 9.21 Å². The van der Waals surface area contributed by atoms with E-state index in [-0.39, 0.29) is 11.7 Å². The van der Waals surface area contributed by atoms with Crippen molar-refractivity contribution in [1.82, 2.24) is 20.4 Å². The summed E-state index contributed by atoms with van der Waals surface area (Å²) in [7, 11) is 0. The molecule has 1 saturated carbocycles. The van der Waals surface area contributed by atoms with Crippen molar-refractivity contribution in [1.29, 1.82) is 0 Å². The van der Waals surface area contributed by atoms with Gasteiger partial charge in [0.15, 0.2) is 11.7 Å². The summed E-state index contributed by atoms with van der Waals surface area (Å²) >= 11 is 0. The summed E-state index contributed by atoms with van der Waals surface area (Å²) in [6, 6.07) is 0. The number of oxazole rings is 1. The molecule has 0 aromatic carbocycles. The molecule has 2 aromatic rings. The minimum Gasteiger partial charge on any atom is -0.435 e. The second-order valence-electron chi connectivity index (χ2n) is 3.65. The topological polar surface area (TPSA) is 96.7 Å². The highest BCUT2D eigenvalue weighted by Gasteiger charge is 2.29. The molecule has 0 bridgehead atoms. The van der Waals surface area contributed by atoms with E-state index in [0.29, 0.717) is 17.6 Å². The Morgan fingerprint density at radius 3 is 3.06 bits per heavy atom. The Hall–Kier alpha value is -2.18. The Labute approximate surface area is 90.3 Å². The number of aromatic amines is 1. The fraction of sp³-hybridized carbons (Fsp3) is 0.333. The largest absolute Gasteiger partial charge is 0.435 e. The quantitative estimate of drug-likeness (QED) is 0.800. The van der Waals surface area contributed by atoms with Crippen LogP contribution in [0.15, 0.2) is 16.8 Å². The highest BCUT2D eigenvalue weighted by Crippen LogP contribution is 2.39. The van der Waals surface area contributed by atoms with Crippen molar-refractivity contribution in [2.45, 2.75) is 18.8 Å². The molecule has 2 heterocycles. The SMILES string of the molecule is O=C(Nc1cn[nH]n1)c1cnc(C2CC2)o1. The lowest BCUT2D eigenvalue weighted by molar-refractivity contribution is 0.0994. The molecule has 7 nitrogen and oxygen atoms in total. The van der Waals surface area contributed by atoms with Gasteiger partial charge in [-0.25, -0.2) is 4.98 Å². The zero-order valence-electron chi connectivity index (χ0n) is 8.30. The molecule has 1 amide bonds. The lowest BCUT2D eigenvalue weighted by Crippen LogP contribution is -2.11. The third-order valence-electron chi connectivity index (χ3n) is 2.33. The predicted molar refractivity (Wildman–Crippen MR) is 52.8 cm³/mol. The van der Waals surface area contributed by atoms with Gasteiger partial charge in [-0.2, -0.15) is 10.3 Å². The van der Waals surface area contributed by atoms with E-state index in [1.165, 1.54) is 12.4 Å². The van der Waals surface area contributed by atoms with E-state index in [2.05, 4.69) is 25.7 Å². The number of aromatic nitrogens is 4. The fourth-order valence-corrected chi connectivity index (χ4v) is 1.35. The van der Waals surface area contributed by atoms with Crippen molar-refractivity contribution >= 4 is 11.7 Å². The maximum absolute atomic E-state index is 11.6. The first-order valence-corrected chi connectivity index (χ1v) is 4.96. The van der Waals surface area contributed by atoms with Gasteiger partial charge < -0.3 is 9.73 Å². The number of nitrogens with zero attached hydrogens (tertiary/aromatic N) is 3. The van der Waals surface area contributed by atoms with Crippen molar-refractivity contribution in [2.24, 2.45) is 0 Å². The third kappa shape index (κ3) is 1.67. The summed E-state index contributed by atoms with van der Waals surface area (Å²) in [4.78, 5) is 15.7. The molecule has 16 heavy (non-hydrogen) atoms. The van der Waals surface area contributed by atoms with Crippen LogP contribution in [0, 0.1) is 0 Å². The zero-order valence-corrected chi connectivity index (χ0v) is 8.30. The molecule has 1 fully saturated rings. The van der Waals surface area contributed by atoms with E-state index in [4.69, 9.17) is 4.42 Å². The number of rotatable bonds is 3. The summed E-state index contributed by atoms with van der Waals surface area (Å²) in [5.41, 5.74) is 0. The lowest BCUT2D eigenvalue weighted by Gasteiger charge is -1.95. The van der Waals surface area contributed by atoms with E-state index in [0.717, 1.165) is 12.8 Å². The minimum atomic E-state index is -0.367. The van der Waals surface area contributed by atoms with Crippen molar-refractivity contribution in [3.8, 4) is 0 Å². The molecule has 2 N–H and O–H groups in total. The van der Waals surface area contributed by atoms with Crippen LogP contribution in [-0.2, 0) is 0 Å². The Kier molecular flexibility index (Phi) is 1.95. The fourth-order valence-electron chi connectivity index (χ4n) is 1.35. The van der Waals surface area contributed by atoms with Gasteiger partial charge in [-0.15, -0.1) is 5.10 Å². The van der Waals surface area contributed by atoms with Crippen molar-refractivity contribution in [3.63, 3.8) is 0 Å². The van der Waals surface area contributed by atoms with Gasteiger partial charge >= 0.3 is 0 Å². The lowest BCUT2D eigenvalue weighted by atomic mass is 10.4. The van der Waals surface area contributed by atoms with Crippen LogP contribution in [0.4, 0.5) is 5.82 Å². The number of hydrogen-bond acceptors (Lipinski definition) is 5. The van der Waals surface area contributed by atoms with Crippen LogP contribution >= 0.6 is 0 Å². The number of hydrogen-bond donors (Lipinski definition) is 2. The van der Waals surface area contributed by atoms with E-state index in [9.17, 15) is 4.79 Å². The molecule has 0 radical (unpaired) electrons. The number of nitrogens with one attached hydrogen (secondary N) is 2. The van der Waals surface area contributed by atoms with Crippen LogP contribution in [0.3, 0.4) is 0 Å². The molecule has 7 heteroatoms. The van der Waals surface area contributed by atoms with E-state index < -0.39 is 0 Å². The van der Waals surface area contributed by atoms with Gasteiger partial charge in [-0.3, -0.25) is 4.79 Å². The summed E-state index contributed by atoms with van der Waals surface area (Å²) in [6.45, 7) is 0. The molecule has 82 valence electrons. The number of amides is 1. The van der Waals surface area contributed by atoms with Gasteiger partial charge in [0.25, 0.3) is 5.91 Å². The smallest absolute Gasteiger partial charge is 0.294 e. The van der Waals surface area contributed by atoms with Crippen LogP contribution in [-0.4, -0.2) is 26.3 Å². The van der Waals surface area contributed by atoms with Gasteiger partial charge in [0, 0.05) is 5.92 Å². The Morgan fingerprint density at radius 2 is 2.38 bits per heavy atom. The van der Waals surface area contributed by atoms with Crippen LogP contribution in [0.1, 0.15) is 35.2 Å². The molecule has 0 aliphatic heterocycles. The van der Waals surface area contributed by atoms with Gasteiger partial charge in [-0.1, -0.05) is 0 Å². The summed E-state index contributed by atoms with van der Waals surface area (Å²) in [6.07, 6.45) is 5.02. The zero-order chi connectivity index (χ0) is 11.0. The van der Waals surface area contributed by atoms with Gasteiger partial charge in [-0.05, 0) is 12.8 Å². The van der Waals surface area contributed by atoms with Crippen molar-refractivity contribution in [2.75, 3.05) is 5.32 Å². The molecular weight excluding hydrogens is 210 g/mol. The standard InChI is InChI=1S/C9H9N5O2/c15-8(12-7-4-11-14-13-7)6-3-10-9(16-6)5-1-2-5/h3-5H,1-2H2,(H2,11,12,13,14,15). The number of carbonyl (C=O) groups excluding carboxylic acids is 1. The first kappa shape index (κ1) is 9.08. The molecule has 2 aromatic heterocycles. The van der Waals surface area contributed by atoms with Gasteiger partial charge in [0.2, 0.25) is 5.76 Å². The summed E-state index contributed by atoms with van der Waals surface area (Å²) < 4.78 is 5.34. The first-order chi connectivity index (χ1) is 7.83. The second kappa shape index (κ2) is 3.44. The molecule has 3 rings (SSSR count). The van der Waals surface area contributed by atoms with Gasteiger partial charge in [0.1, 0.15) is 0 Å². The molecule has 1 aliphatic carbocycles. The van der Waals surface area contributed by atoms with Crippen LogP contribution in [0.5, 0.6) is 0 Å². The van der Waals surface area contributed by atoms with Crippen LogP contribution < -0.4 is 5.32 Å². The van der Waals surface area contributed by atoms with E-state index in [1.807, 2.05) is 0 Å².